The van der Waals surface area contributed by atoms with Crippen molar-refractivity contribution in [3.63, 3.8) is 0 Å². The van der Waals surface area contributed by atoms with E-state index < -0.39 is 144 Å². The van der Waals surface area contributed by atoms with Crippen LogP contribution in [-0.4, -0.2) is 166 Å². The first-order valence-electron chi connectivity index (χ1n) is 24.0. The summed E-state index contributed by atoms with van der Waals surface area (Å²) in [5.41, 5.74) is 32.8. The molecule has 0 bridgehead atoms. The lowest BCUT2D eigenvalue weighted by Gasteiger charge is -2.31. The predicted octanol–water partition coefficient (Wildman–Crippen LogP) is -6.21. The van der Waals surface area contributed by atoms with E-state index in [0.717, 1.165) is 6.92 Å². The van der Waals surface area contributed by atoms with Gasteiger partial charge in [0.1, 0.15) is 48.3 Å². The molecule has 0 aromatic rings. The number of carboxylic acids is 1. The maximum atomic E-state index is 14.1. The summed E-state index contributed by atoms with van der Waals surface area (Å²) in [7, 11) is 0. The van der Waals surface area contributed by atoms with E-state index in [2.05, 4.69) is 52.5 Å². The number of hydrogen-bond donors (Lipinski definition) is 17. The minimum Gasteiger partial charge on any atom is -0.480 e. The molecular formula is C44H82N16O13. The van der Waals surface area contributed by atoms with Gasteiger partial charge in [-0.3, -0.25) is 53.1 Å². The molecule has 73 heavy (non-hydrogen) atoms. The van der Waals surface area contributed by atoms with Crippen molar-refractivity contribution in [2.75, 3.05) is 13.1 Å². The fourth-order valence-corrected chi connectivity index (χ4v) is 6.79. The summed E-state index contributed by atoms with van der Waals surface area (Å²) in [6, 6.07) is -13.2. The molecule has 0 heterocycles. The number of primary amides is 1. The van der Waals surface area contributed by atoms with Crippen molar-refractivity contribution in [2.45, 2.75) is 174 Å². The van der Waals surface area contributed by atoms with E-state index in [0.29, 0.717) is 6.42 Å². The van der Waals surface area contributed by atoms with Gasteiger partial charge < -0.3 is 92.3 Å². The lowest BCUT2D eigenvalue weighted by atomic mass is 9.96. The number of amides is 9. The van der Waals surface area contributed by atoms with Gasteiger partial charge in [0, 0.05) is 13.1 Å². The highest BCUT2D eigenvalue weighted by Crippen LogP contribution is 2.13. The first-order valence-corrected chi connectivity index (χ1v) is 24.0. The van der Waals surface area contributed by atoms with Crippen molar-refractivity contribution in [3.05, 3.63) is 0 Å². The Kier molecular flexibility index (Phi) is 29.9. The Hall–Kier alpha value is -6.88. The zero-order chi connectivity index (χ0) is 56.4. The number of carbonyl (C=O) groups is 10. The van der Waals surface area contributed by atoms with Crippen molar-refractivity contribution in [3.8, 4) is 0 Å². The third-order valence-corrected chi connectivity index (χ3v) is 11.1. The molecule has 416 valence electrons. The first kappa shape index (κ1) is 66.1. The van der Waals surface area contributed by atoms with Gasteiger partial charge in [0.2, 0.25) is 53.2 Å². The molecule has 9 amide bonds. The molecule has 0 unspecified atom stereocenters. The minimum atomic E-state index is -1.79. The van der Waals surface area contributed by atoms with E-state index >= 15 is 0 Å². The summed E-state index contributed by atoms with van der Waals surface area (Å²) in [5.74, 6) is -12.1. The molecule has 0 radical (unpaired) electrons. The van der Waals surface area contributed by atoms with Gasteiger partial charge in [-0.2, -0.15) is 0 Å². The van der Waals surface area contributed by atoms with Crippen LogP contribution in [0.4, 0.5) is 0 Å². The molecule has 0 saturated carbocycles. The quantitative estimate of drug-likeness (QED) is 0.0162. The zero-order valence-electron chi connectivity index (χ0n) is 43.2. The number of rotatable bonds is 34. The third kappa shape index (κ3) is 25.4. The van der Waals surface area contributed by atoms with Gasteiger partial charge in [0.25, 0.3) is 0 Å². The second kappa shape index (κ2) is 33.0. The number of nitrogens with zero attached hydrogens (tertiary/aromatic N) is 2. The number of carbonyl (C=O) groups excluding carboxylic acids is 9. The van der Waals surface area contributed by atoms with Crippen LogP contribution in [0.5, 0.6) is 0 Å². The summed E-state index contributed by atoms with van der Waals surface area (Å²) in [4.78, 5) is 141. The van der Waals surface area contributed by atoms with E-state index in [9.17, 15) is 63.3 Å². The molecule has 12 atom stereocenters. The molecule has 0 aliphatic heterocycles. The van der Waals surface area contributed by atoms with Gasteiger partial charge in [0.05, 0.1) is 24.7 Å². The van der Waals surface area contributed by atoms with Gasteiger partial charge in [-0.25, -0.2) is 4.79 Å². The summed E-state index contributed by atoms with van der Waals surface area (Å²) in [5, 5.41) is 50.3. The fraction of sp³-hybridized carbons (Fsp3) is 0.727. The number of nitrogens with two attached hydrogens (primary N) is 6. The fourth-order valence-electron chi connectivity index (χ4n) is 6.79. The molecule has 29 nitrogen and oxygen atoms in total. The number of aliphatic imine (C=N–C) groups is 2. The van der Waals surface area contributed by atoms with E-state index in [1.807, 2.05) is 0 Å². The van der Waals surface area contributed by atoms with Gasteiger partial charge in [-0.15, -0.1) is 0 Å². The average molecular weight is 1040 g/mol. The molecule has 0 spiro atoms. The molecule has 23 N–H and O–H groups in total. The first-order chi connectivity index (χ1) is 33.8. The SMILES string of the molecule is CC[C@H](C)[C@H](NC(=O)[C@@H](NC(=O)[C@H](C)N)[C@@H](C)O)C(=O)N[C@@H](CCCN=C(N)N)C(=O)N[C@H](C(=O)N[C@H](C(=O)N[C@@H](CCCN=C(N)N)C(=O)N[C@@H](CC(N)=O)C(=O)N[C@@H](CC(C)C)C(=O)O)C(C)C)[C@@H](C)O. The van der Waals surface area contributed by atoms with Crippen LogP contribution >= 0.6 is 0 Å². The molecule has 0 aliphatic rings. The smallest absolute Gasteiger partial charge is 0.326 e. The van der Waals surface area contributed by atoms with Gasteiger partial charge >= 0.3 is 5.97 Å². The van der Waals surface area contributed by atoms with Crippen molar-refractivity contribution in [1.29, 1.82) is 0 Å². The van der Waals surface area contributed by atoms with Gasteiger partial charge in [-0.1, -0.05) is 48.0 Å². The van der Waals surface area contributed by atoms with Crippen LogP contribution in [0.1, 0.15) is 107 Å². The second-order valence-electron chi connectivity index (χ2n) is 18.6. The molecule has 0 aromatic heterocycles. The van der Waals surface area contributed by atoms with Crippen LogP contribution in [0.3, 0.4) is 0 Å². The zero-order valence-corrected chi connectivity index (χ0v) is 43.2. The van der Waals surface area contributed by atoms with Crippen LogP contribution in [-0.2, 0) is 47.9 Å². The highest BCUT2D eigenvalue weighted by Gasteiger charge is 2.38. The Balaban J connectivity index is 6.81. The molecule has 0 saturated heterocycles. The number of hydrogen-bond acceptors (Lipinski definition) is 15. The number of aliphatic hydroxyl groups excluding tert-OH is 2. The van der Waals surface area contributed by atoms with Crippen LogP contribution < -0.4 is 76.9 Å². The lowest BCUT2D eigenvalue weighted by Crippen LogP contribution is -2.63. The summed E-state index contributed by atoms with van der Waals surface area (Å²) >= 11 is 0. The van der Waals surface area contributed by atoms with E-state index in [1.165, 1.54) is 27.7 Å². The second-order valence-corrected chi connectivity index (χ2v) is 18.6. The summed E-state index contributed by atoms with van der Waals surface area (Å²) in [6.45, 7) is 13.6. The van der Waals surface area contributed by atoms with Crippen LogP contribution in [0.25, 0.3) is 0 Å². The Bertz CT molecular complexity index is 1940. The largest absolute Gasteiger partial charge is 0.480 e. The highest BCUT2D eigenvalue weighted by atomic mass is 16.4. The monoisotopic (exact) mass is 1040 g/mol. The molecule has 29 heteroatoms. The standard InChI is InChI=1S/C44H82N16O13/c1-10-21(6)31(58-41(71)32(23(8)61)59-34(64)22(7)45)39(69)54-26(14-12-16-52-44(49)50)36(66)60-33(24(9)62)40(70)57-30(20(4)5)38(68)53-25(13-11-15-51-43(47)48)35(65)55-27(18-29(46)63)37(67)56-28(42(72)73)17-19(2)3/h19-28,30-33,61-62H,10-18,45H2,1-9H3,(H2,46,63)(H,53,68)(H,54,69)(H,55,65)(H,56,67)(H,57,70)(H,58,71)(H,59,64)(H,60,66)(H,72,73)(H4,47,48,51)(H4,49,50,52)/t21-,22-,23+,24+,25-,26-,27-,28-,30-,31-,32-,33-/m0/s1. The molecule has 0 rings (SSSR count). The third-order valence-electron chi connectivity index (χ3n) is 11.1. The predicted molar refractivity (Wildman–Crippen MR) is 267 cm³/mol. The molecule has 0 fully saturated rings. The number of aliphatic hydroxyl groups is 2. The number of nitrogens with one attached hydrogen (secondary N) is 8. The van der Waals surface area contributed by atoms with Gasteiger partial charge in [-0.05, 0) is 70.6 Å². The normalized spacial score (nSPS) is 16.1. The summed E-state index contributed by atoms with van der Waals surface area (Å²) in [6.07, 6.45) is -3.68. The molecule has 0 aromatic carbocycles. The average Bonchev–Trinajstić information content (AvgIpc) is 3.27. The van der Waals surface area contributed by atoms with Crippen LogP contribution in [0.15, 0.2) is 9.98 Å². The van der Waals surface area contributed by atoms with Crippen molar-refractivity contribution in [2.24, 2.45) is 62.1 Å². The maximum absolute atomic E-state index is 14.1. The van der Waals surface area contributed by atoms with Crippen molar-refractivity contribution >= 4 is 71.1 Å². The Labute approximate surface area is 425 Å². The Morgan fingerprint density at radius 3 is 1.21 bits per heavy atom. The number of aliphatic carboxylic acids is 1. The van der Waals surface area contributed by atoms with E-state index in [-0.39, 0.29) is 63.0 Å². The number of carboxylic acid groups (broad SMARTS) is 1. The molecule has 0 aliphatic carbocycles. The Morgan fingerprint density at radius 2 is 0.836 bits per heavy atom. The van der Waals surface area contributed by atoms with Crippen molar-refractivity contribution < 1.29 is 63.3 Å². The van der Waals surface area contributed by atoms with Crippen molar-refractivity contribution in [1.82, 2.24) is 42.5 Å². The minimum absolute atomic E-state index is 0.00759. The van der Waals surface area contributed by atoms with E-state index in [1.54, 1.807) is 27.7 Å². The van der Waals surface area contributed by atoms with Gasteiger partial charge in [0.15, 0.2) is 11.9 Å². The van der Waals surface area contributed by atoms with Crippen LogP contribution in [0, 0.1) is 17.8 Å². The maximum Gasteiger partial charge on any atom is 0.326 e. The topological polar surface area (TPSA) is 508 Å². The summed E-state index contributed by atoms with van der Waals surface area (Å²) < 4.78 is 0. The Morgan fingerprint density at radius 1 is 0.479 bits per heavy atom. The van der Waals surface area contributed by atoms with E-state index in [4.69, 9.17) is 34.4 Å². The molecular weight excluding hydrogens is 961 g/mol. The number of guanidine groups is 2. The lowest BCUT2D eigenvalue weighted by molar-refractivity contribution is -0.143. The highest BCUT2D eigenvalue weighted by molar-refractivity contribution is 5.99. The van der Waals surface area contributed by atoms with Crippen LogP contribution in [0.2, 0.25) is 0 Å².